The Morgan fingerprint density at radius 1 is 0.966 bits per heavy atom. The van der Waals surface area contributed by atoms with E-state index >= 15 is 0 Å². The molecule has 0 radical (unpaired) electrons. The number of nitrogens with one attached hydrogen (secondary N) is 1. The second-order valence-electron chi connectivity index (χ2n) is 6.47. The van der Waals surface area contributed by atoms with Gasteiger partial charge in [0.15, 0.2) is 0 Å². The molecule has 5 heteroatoms. The number of carbonyl (C=O) groups is 2. The summed E-state index contributed by atoms with van der Waals surface area (Å²) in [7, 11) is 0. The van der Waals surface area contributed by atoms with Gasteiger partial charge >= 0.3 is 5.97 Å². The van der Waals surface area contributed by atoms with E-state index in [-0.39, 0.29) is 5.91 Å². The molecule has 29 heavy (non-hydrogen) atoms. The fourth-order valence-corrected chi connectivity index (χ4v) is 3.15. The van der Waals surface area contributed by atoms with Crippen molar-refractivity contribution in [1.29, 1.82) is 0 Å². The zero-order valence-electron chi connectivity index (χ0n) is 15.8. The first-order valence-electron chi connectivity index (χ1n) is 9.31. The number of esters is 1. The van der Waals surface area contributed by atoms with E-state index in [9.17, 15) is 9.59 Å². The summed E-state index contributed by atoms with van der Waals surface area (Å²) in [6.07, 6.45) is 3.01. The quantitative estimate of drug-likeness (QED) is 0.368. The van der Waals surface area contributed by atoms with Gasteiger partial charge in [-0.3, -0.25) is 4.79 Å². The Hall–Kier alpha value is -3.86. The van der Waals surface area contributed by atoms with Crippen LogP contribution in [-0.4, -0.2) is 18.5 Å². The van der Waals surface area contributed by atoms with Crippen molar-refractivity contribution in [2.75, 3.05) is 11.9 Å². The highest BCUT2D eigenvalue weighted by Gasteiger charge is 2.11. The van der Waals surface area contributed by atoms with Crippen LogP contribution in [0.25, 0.3) is 28.0 Å². The molecule has 1 heterocycles. The second kappa shape index (κ2) is 8.02. The van der Waals surface area contributed by atoms with E-state index < -0.39 is 5.97 Å². The van der Waals surface area contributed by atoms with Gasteiger partial charge in [-0.2, -0.15) is 0 Å². The lowest BCUT2D eigenvalue weighted by atomic mass is 10.1. The van der Waals surface area contributed by atoms with Crippen LogP contribution in [0.15, 0.2) is 77.2 Å². The molecule has 1 aromatic heterocycles. The molecule has 0 aliphatic carbocycles. The van der Waals surface area contributed by atoms with E-state index in [2.05, 4.69) is 5.32 Å². The first kappa shape index (κ1) is 18.5. The molecule has 1 amide bonds. The van der Waals surface area contributed by atoms with Gasteiger partial charge < -0.3 is 14.5 Å². The van der Waals surface area contributed by atoms with Crippen LogP contribution >= 0.6 is 0 Å². The van der Waals surface area contributed by atoms with Gasteiger partial charge in [0.1, 0.15) is 11.2 Å². The number of fused-ring (bicyclic) bond motifs is 3. The standard InChI is InChI=1S/C24H19NO4/c1-2-28-23(26)13-10-16-6-5-7-18(14-16)25-24(27)17-11-12-22-20(15-17)19-8-3-4-9-21(19)29-22/h3-15H,2H2,1H3,(H,25,27). The average Bonchev–Trinajstić information content (AvgIpc) is 3.11. The predicted molar refractivity (Wildman–Crippen MR) is 114 cm³/mol. The minimum absolute atomic E-state index is 0.219. The van der Waals surface area contributed by atoms with Crippen molar-refractivity contribution in [2.45, 2.75) is 6.92 Å². The summed E-state index contributed by atoms with van der Waals surface area (Å²) in [6.45, 7) is 2.08. The highest BCUT2D eigenvalue weighted by atomic mass is 16.5. The van der Waals surface area contributed by atoms with Crippen molar-refractivity contribution >= 4 is 45.6 Å². The molecule has 1 N–H and O–H groups in total. The molecule has 0 aliphatic heterocycles. The third-order valence-electron chi connectivity index (χ3n) is 4.48. The fourth-order valence-electron chi connectivity index (χ4n) is 3.15. The summed E-state index contributed by atoms with van der Waals surface area (Å²) in [5, 5.41) is 4.77. The maximum Gasteiger partial charge on any atom is 0.330 e. The number of carbonyl (C=O) groups excluding carboxylic acids is 2. The molecule has 4 aromatic rings. The SMILES string of the molecule is CCOC(=O)C=Cc1cccc(NC(=O)c2ccc3oc4ccccc4c3c2)c1. The number of para-hydroxylation sites is 1. The number of benzene rings is 3. The van der Waals surface area contributed by atoms with Gasteiger partial charge in [-0.05, 0) is 55.0 Å². The van der Waals surface area contributed by atoms with Gasteiger partial charge in [0, 0.05) is 28.1 Å². The van der Waals surface area contributed by atoms with Crippen molar-refractivity contribution in [3.63, 3.8) is 0 Å². The Balaban J connectivity index is 1.55. The van der Waals surface area contributed by atoms with Crippen molar-refractivity contribution in [3.05, 3.63) is 83.9 Å². The Bertz CT molecular complexity index is 1240. The number of amides is 1. The molecule has 0 spiro atoms. The lowest BCUT2D eigenvalue weighted by Crippen LogP contribution is -2.11. The van der Waals surface area contributed by atoms with E-state index in [1.165, 1.54) is 6.08 Å². The molecular formula is C24H19NO4. The van der Waals surface area contributed by atoms with Gasteiger partial charge in [0.25, 0.3) is 5.91 Å². The molecule has 0 saturated carbocycles. The van der Waals surface area contributed by atoms with Crippen molar-refractivity contribution in [2.24, 2.45) is 0 Å². The smallest absolute Gasteiger partial charge is 0.330 e. The molecule has 144 valence electrons. The van der Waals surface area contributed by atoms with Crippen molar-refractivity contribution in [1.82, 2.24) is 0 Å². The van der Waals surface area contributed by atoms with E-state index in [1.54, 1.807) is 31.2 Å². The monoisotopic (exact) mass is 385 g/mol. The summed E-state index contributed by atoms with van der Waals surface area (Å²) in [5.74, 6) is -0.619. The van der Waals surface area contributed by atoms with Crippen LogP contribution in [0.2, 0.25) is 0 Å². The number of ether oxygens (including phenoxy) is 1. The number of anilines is 1. The number of furan rings is 1. The summed E-state index contributed by atoms with van der Waals surface area (Å²) in [6, 6.07) is 20.4. The van der Waals surface area contributed by atoms with E-state index in [0.29, 0.717) is 17.9 Å². The van der Waals surface area contributed by atoms with Crippen LogP contribution < -0.4 is 5.32 Å². The maximum absolute atomic E-state index is 12.7. The normalized spacial score (nSPS) is 11.2. The van der Waals surface area contributed by atoms with E-state index in [0.717, 1.165) is 27.5 Å². The molecule has 0 bridgehead atoms. The lowest BCUT2D eigenvalue weighted by molar-refractivity contribution is -0.137. The zero-order valence-corrected chi connectivity index (χ0v) is 15.8. The van der Waals surface area contributed by atoms with Gasteiger partial charge in [-0.1, -0.05) is 30.3 Å². The molecular weight excluding hydrogens is 366 g/mol. The van der Waals surface area contributed by atoms with Crippen LogP contribution in [0.1, 0.15) is 22.8 Å². The summed E-state index contributed by atoms with van der Waals surface area (Å²) in [4.78, 5) is 24.2. The van der Waals surface area contributed by atoms with Gasteiger partial charge in [-0.25, -0.2) is 4.79 Å². The Morgan fingerprint density at radius 3 is 2.66 bits per heavy atom. The van der Waals surface area contributed by atoms with Crippen LogP contribution in [0, 0.1) is 0 Å². The first-order chi connectivity index (χ1) is 14.1. The van der Waals surface area contributed by atoms with Gasteiger partial charge in [-0.15, -0.1) is 0 Å². The number of hydrogen-bond donors (Lipinski definition) is 1. The van der Waals surface area contributed by atoms with E-state index in [4.69, 9.17) is 9.15 Å². The molecule has 0 saturated heterocycles. The van der Waals surface area contributed by atoms with Crippen molar-refractivity contribution < 1.29 is 18.7 Å². The van der Waals surface area contributed by atoms with Crippen LogP contribution in [0.5, 0.6) is 0 Å². The Labute approximate surface area is 167 Å². The van der Waals surface area contributed by atoms with Crippen LogP contribution in [0.3, 0.4) is 0 Å². The van der Waals surface area contributed by atoms with Crippen LogP contribution in [-0.2, 0) is 9.53 Å². The van der Waals surface area contributed by atoms with Crippen LogP contribution in [0.4, 0.5) is 5.69 Å². The number of rotatable bonds is 5. The van der Waals surface area contributed by atoms with Crippen molar-refractivity contribution in [3.8, 4) is 0 Å². The molecule has 0 atom stereocenters. The average molecular weight is 385 g/mol. The topological polar surface area (TPSA) is 68.5 Å². The third-order valence-corrected chi connectivity index (χ3v) is 4.48. The highest BCUT2D eigenvalue weighted by Crippen LogP contribution is 2.29. The Kier molecular flexibility index (Phi) is 5.12. The molecule has 0 aliphatic rings. The first-order valence-corrected chi connectivity index (χ1v) is 9.31. The predicted octanol–water partition coefficient (Wildman–Crippen LogP) is 5.41. The molecule has 4 rings (SSSR count). The minimum atomic E-state index is -0.400. The van der Waals surface area contributed by atoms with Gasteiger partial charge in [0.05, 0.1) is 6.61 Å². The largest absolute Gasteiger partial charge is 0.463 e. The molecule has 0 fully saturated rings. The van der Waals surface area contributed by atoms with E-state index in [1.807, 2.05) is 48.5 Å². The summed E-state index contributed by atoms with van der Waals surface area (Å²) >= 11 is 0. The maximum atomic E-state index is 12.7. The summed E-state index contributed by atoms with van der Waals surface area (Å²) < 4.78 is 10.7. The molecule has 0 unspecified atom stereocenters. The highest BCUT2D eigenvalue weighted by molar-refractivity contribution is 6.11. The van der Waals surface area contributed by atoms with Gasteiger partial charge in [0.2, 0.25) is 0 Å². The second-order valence-corrected chi connectivity index (χ2v) is 6.47. The zero-order chi connectivity index (χ0) is 20.2. The third kappa shape index (κ3) is 4.04. The number of hydrogen-bond acceptors (Lipinski definition) is 4. The molecule has 5 nitrogen and oxygen atoms in total. The molecule has 3 aromatic carbocycles. The lowest BCUT2D eigenvalue weighted by Gasteiger charge is -2.06. The fraction of sp³-hybridized carbons (Fsp3) is 0.0833. The Morgan fingerprint density at radius 2 is 1.79 bits per heavy atom. The minimum Gasteiger partial charge on any atom is -0.463 e. The summed E-state index contributed by atoms with van der Waals surface area (Å²) in [5.41, 5.74) is 3.50.